The fraction of sp³-hybridized carbons (Fsp3) is 0.368. The second-order valence-corrected chi connectivity index (χ2v) is 6.30. The zero-order chi connectivity index (χ0) is 15.1. The monoisotopic (exact) mass is 297 g/mol. The van der Waals surface area contributed by atoms with Crippen LogP contribution in [0.5, 0.6) is 0 Å². The molecule has 2 nitrogen and oxygen atoms in total. The Morgan fingerprint density at radius 2 is 1.91 bits per heavy atom. The van der Waals surface area contributed by atoms with Crippen molar-refractivity contribution in [2.45, 2.75) is 30.9 Å². The van der Waals surface area contributed by atoms with Gasteiger partial charge in [0.2, 0.25) is 0 Å². The van der Waals surface area contributed by atoms with Gasteiger partial charge in [0.1, 0.15) is 5.82 Å². The molecule has 0 bridgehead atoms. The summed E-state index contributed by atoms with van der Waals surface area (Å²) in [4.78, 5) is 0. The Labute approximate surface area is 130 Å². The van der Waals surface area contributed by atoms with E-state index in [2.05, 4.69) is 29.6 Å². The number of nitrogens with one attached hydrogen (secondary N) is 1. The quantitative estimate of drug-likeness (QED) is 0.869. The van der Waals surface area contributed by atoms with Crippen LogP contribution in [-0.2, 0) is 11.2 Å². The lowest BCUT2D eigenvalue weighted by atomic mass is 9.82. The first-order valence-electron chi connectivity index (χ1n) is 7.91. The van der Waals surface area contributed by atoms with Gasteiger partial charge in [0.05, 0.1) is 12.7 Å². The molecule has 0 aromatic heterocycles. The van der Waals surface area contributed by atoms with Crippen molar-refractivity contribution in [2.75, 3.05) is 13.7 Å². The molecule has 0 saturated carbocycles. The summed E-state index contributed by atoms with van der Waals surface area (Å²) in [6, 6.07) is 14.1. The molecule has 1 fully saturated rings. The minimum Gasteiger partial charge on any atom is -0.371 e. The Morgan fingerprint density at radius 3 is 2.77 bits per heavy atom. The molecule has 0 spiro atoms. The van der Waals surface area contributed by atoms with Gasteiger partial charge in [-0.1, -0.05) is 30.3 Å². The highest BCUT2D eigenvalue weighted by Gasteiger charge is 2.37. The summed E-state index contributed by atoms with van der Waals surface area (Å²) in [5.74, 6) is 0.105. The largest absolute Gasteiger partial charge is 0.371 e. The van der Waals surface area contributed by atoms with Crippen molar-refractivity contribution in [3.63, 3.8) is 0 Å². The van der Waals surface area contributed by atoms with E-state index in [9.17, 15) is 4.39 Å². The van der Waals surface area contributed by atoms with Crippen LogP contribution in [0.3, 0.4) is 0 Å². The lowest BCUT2D eigenvalue weighted by Crippen LogP contribution is -2.39. The maximum atomic E-state index is 13.8. The first kappa shape index (κ1) is 13.9. The molecule has 0 radical (unpaired) electrons. The molecule has 1 aliphatic heterocycles. The van der Waals surface area contributed by atoms with E-state index in [-0.39, 0.29) is 17.8 Å². The van der Waals surface area contributed by atoms with E-state index in [1.165, 1.54) is 16.7 Å². The summed E-state index contributed by atoms with van der Waals surface area (Å²) in [5, 5.41) is 3.32. The number of halogens is 1. The lowest BCUT2D eigenvalue weighted by molar-refractivity contribution is -0.0190. The van der Waals surface area contributed by atoms with Crippen molar-refractivity contribution in [3.05, 3.63) is 70.5 Å². The Kier molecular flexibility index (Phi) is 3.47. The minimum absolute atomic E-state index is 0.0426. The van der Waals surface area contributed by atoms with Crippen molar-refractivity contribution in [3.8, 4) is 0 Å². The van der Waals surface area contributed by atoms with Crippen molar-refractivity contribution in [1.82, 2.24) is 5.32 Å². The zero-order valence-corrected chi connectivity index (χ0v) is 12.7. The molecule has 2 aromatic rings. The van der Waals surface area contributed by atoms with E-state index >= 15 is 0 Å². The van der Waals surface area contributed by atoms with Gasteiger partial charge >= 0.3 is 0 Å². The van der Waals surface area contributed by atoms with Crippen LogP contribution in [0.15, 0.2) is 42.5 Å². The molecule has 0 unspecified atom stereocenters. The van der Waals surface area contributed by atoms with Crippen molar-refractivity contribution in [2.24, 2.45) is 0 Å². The summed E-state index contributed by atoms with van der Waals surface area (Å²) in [7, 11) is 1.98. The molecule has 22 heavy (non-hydrogen) atoms. The number of hydrogen-bond donors (Lipinski definition) is 1. The molecule has 4 rings (SSSR count). The second-order valence-electron chi connectivity index (χ2n) is 6.30. The van der Waals surface area contributed by atoms with E-state index < -0.39 is 0 Å². The van der Waals surface area contributed by atoms with Crippen LogP contribution in [-0.4, -0.2) is 19.7 Å². The predicted molar refractivity (Wildman–Crippen MR) is 84.5 cm³/mol. The van der Waals surface area contributed by atoms with Crippen molar-refractivity contribution < 1.29 is 9.13 Å². The molecular formula is C19H20FNO. The molecule has 2 aliphatic rings. The number of benzene rings is 2. The summed E-state index contributed by atoms with van der Waals surface area (Å²) in [5.41, 5.74) is 4.90. The molecule has 3 heteroatoms. The average molecular weight is 297 g/mol. The van der Waals surface area contributed by atoms with E-state index in [0.717, 1.165) is 18.4 Å². The summed E-state index contributed by atoms with van der Waals surface area (Å²) in [6.45, 7) is 0.676. The number of likely N-dealkylation sites (N-methyl/N-ethyl adjacent to an activating group) is 1. The SMILES string of the molecule is CN[C@H]1CO[C@H]2c3cc(F)ccc3Cc3ccccc3[C@H]2C1. The highest BCUT2D eigenvalue weighted by molar-refractivity contribution is 5.44. The van der Waals surface area contributed by atoms with Crippen LogP contribution in [0.2, 0.25) is 0 Å². The van der Waals surface area contributed by atoms with E-state index in [1.54, 1.807) is 12.1 Å². The van der Waals surface area contributed by atoms with E-state index in [1.807, 2.05) is 13.1 Å². The minimum atomic E-state index is -0.178. The molecule has 1 aliphatic carbocycles. The van der Waals surface area contributed by atoms with Gasteiger partial charge < -0.3 is 10.1 Å². The highest BCUT2D eigenvalue weighted by atomic mass is 19.1. The topological polar surface area (TPSA) is 21.3 Å². The van der Waals surface area contributed by atoms with Gasteiger partial charge in [0.15, 0.2) is 0 Å². The maximum Gasteiger partial charge on any atom is 0.123 e. The van der Waals surface area contributed by atoms with Crippen LogP contribution in [0.1, 0.15) is 40.7 Å². The molecule has 1 N–H and O–H groups in total. The fourth-order valence-electron chi connectivity index (χ4n) is 3.89. The van der Waals surface area contributed by atoms with E-state index in [0.29, 0.717) is 12.6 Å². The summed E-state index contributed by atoms with van der Waals surface area (Å²) >= 11 is 0. The molecule has 1 heterocycles. The first-order chi connectivity index (χ1) is 10.8. The Balaban J connectivity index is 1.87. The van der Waals surface area contributed by atoms with Gasteiger partial charge in [-0.2, -0.15) is 0 Å². The van der Waals surface area contributed by atoms with Gasteiger partial charge in [-0.15, -0.1) is 0 Å². The van der Waals surface area contributed by atoms with Crippen LogP contribution in [0, 0.1) is 5.82 Å². The summed E-state index contributed by atoms with van der Waals surface area (Å²) < 4.78 is 20.0. The molecular weight excluding hydrogens is 277 g/mol. The molecule has 2 aromatic carbocycles. The van der Waals surface area contributed by atoms with Gasteiger partial charge in [0.25, 0.3) is 0 Å². The van der Waals surface area contributed by atoms with Crippen LogP contribution >= 0.6 is 0 Å². The third-order valence-corrected chi connectivity index (χ3v) is 5.04. The third-order valence-electron chi connectivity index (χ3n) is 5.04. The van der Waals surface area contributed by atoms with Gasteiger partial charge in [-0.3, -0.25) is 0 Å². The second kappa shape index (κ2) is 5.49. The average Bonchev–Trinajstić information content (AvgIpc) is 2.69. The van der Waals surface area contributed by atoms with E-state index in [4.69, 9.17) is 4.74 Å². The number of hydrogen-bond acceptors (Lipinski definition) is 2. The smallest absolute Gasteiger partial charge is 0.123 e. The predicted octanol–water partition coefficient (Wildman–Crippen LogP) is 3.56. The van der Waals surface area contributed by atoms with Crippen molar-refractivity contribution in [1.29, 1.82) is 0 Å². The van der Waals surface area contributed by atoms with Gasteiger partial charge in [-0.25, -0.2) is 4.39 Å². The Hall–Kier alpha value is -1.71. The van der Waals surface area contributed by atoms with Gasteiger partial charge in [-0.05, 0) is 54.3 Å². The summed E-state index contributed by atoms with van der Waals surface area (Å²) in [6.07, 6.45) is 1.83. The number of fused-ring (bicyclic) bond motifs is 5. The lowest BCUT2D eigenvalue weighted by Gasteiger charge is -2.36. The molecule has 114 valence electrons. The molecule has 3 atom stereocenters. The van der Waals surface area contributed by atoms with Crippen LogP contribution in [0.4, 0.5) is 4.39 Å². The number of rotatable bonds is 1. The molecule has 0 amide bonds. The third kappa shape index (κ3) is 2.25. The van der Waals surface area contributed by atoms with Crippen molar-refractivity contribution >= 4 is 0 Å². The Morgan fingerprint density at radius 1 is 1.09 bits per heavy atom. The number of ether oxygens (including phenoxy) is 1. The highest BCUT2D eigenvalue weighted by Crippen LogP contribution is 2.46. The molecule has 1 saturated heterocycles. The standard InChI is InChI=1S/C19H20FNO/c1-21-15-10-18-16-5-3-2-4-12(16)8-13-6-7-14(20)9-17(13)19(18)22-11-15/h2-7,9,15,18-19,21H,8,10-11H2,1H3/t15-,18-,19+/m1/s1. The fourth-order valence-corrected chi connectivity index (χ4v) is 3.89. The first-order valence-corrected chi connectivity index (χ1v) is 7.91. The van der Waals surface area contributed by atoms with Crippen LogP contribution < -0.4 is 5.32 Å². The van der Waals surface area contributed by atoms with Crippen LogP contribution in [0.25, 0.3) is 0 Å². The zero-order valence-electron chi connectivity index (χ0n) is 12.7. The Bertz CT molecular complexity index is 700. The van der Waals surface area contributed by atoms with Gasteiger partial charge in [0, 0.05) is 12.0 Å². The maximum absolute atomic E-state index is 13.8. The normalized spacial score (nSPS) is 26.5.